The Hall–Kier alpha value is -1.84. The van der Waals surface area contributed by atoms with Gasteiger partial charge in [0.15, 0.2) is 0 Å². The second-order valence-electron chi connectivity index (χ2n) is 5.63. The Bertz CT molecular complexity index is 484. The van der Waals surface area contributed by atoms with Gasteiger partial charge in [0.25, 0.3) is 5.91 Å². The fourth-order valence-corrected chi connectivity index (χ4v) is 2.58. The normalized spacial score (nSPS) is 16.1. The van der Waals surface area contributed by atoms with Crippen LogP contribution in [0.3, 0.4) is 0 Å². The molecule has 0 N–H and O–H groups in total. The first-order chi connectivity index (χ1) is 9.49. The molecule has 1 aliphatic rings. The third-order valence-corrected chi connectivity index (χ3v) is 4.01. The SMILES string of the molecule is CN(C)c1ccc(C(=O)N(C)C2CCC(=O)CC2)cc1. The second-order valence-corrected chi connectivity index (χ2v) is 5.63. The van der Waals surface area contributed by atoms with Crippen LogP contribution in [0.1, 0.15) is 36.0 Å². The largest absolute Gasteiger partial charge is 0.378 e. The fourth-order valence-electron chi connectivity index (χ4n) is 2.58. The summed E-state index contributed by atoms with van der Waals surface area (Å²) < 4.78 is 0. The molecule has 4 nitrogen and oxygen atoms in total. The third-order valence-electron chi connectivity index (χ3n) is 4.01. The number of hydrogen-bond donors (Lipinski definition) is 0. The third kappa shape index (κ3) is 3.18. The zero-order valence-electron chi connectivity index (χ0n) is 12.4. The summed E-state index contributed by atoms with van der Waals surface area (Å²) in [5, 5.41) is 0. The van der Waals surface area contributed by atoms with Gasteiger partial charge in [-0.3, -0.25) is 9.59 Å². The van der Waals surface area contributed by atoms with Gasteiger partial charge in [-0.15, -0.1) is 0 Å². The van der Waals surface area contributed by atoms with Crippen LogP contribution in [-0.4, -0.2) is 43.8 Å². The van der Waals surface area contributed by atoms with Crippen LogP contribution in [0.15, 0.2) is 24.3 Å². The van der Waals surface area contributed by atoms with Crippen molar-refractivity contribution in [3.63, 3.8) is 0 Å². The van der Waals surface area contributed by atoms with Crippen molar-refractivity contribution in [1.82, 2.24) is 4.90 Å². The van der Waals surface area contributed by atoms with E-state index in [0.29, 0.717) is 24.2 Å². The van der Waals surface area contributed by atoms with Crippen LogP contribution in [0, 0.1) is 0 Å². The minimum atomic E-state index is 0.0367. The fraction of sp³-hybridized carbons (Fsp3) is 0.500. The molecular weight excluding hydrogens is 252 g/mol. The Labute approximate surface area is 120 Å². The second kappa shape index (κ2) is 6.07. The number of ketones is 1. The molecule has 2 rings (SSSR count). The van der Waals surface area contributed by atoms with Crippen molar-refractivity contribution in [2.24, 2.45) is 0 Å². The monoisotopic (exact) mass is 274 g/mol. The molecule has 20 heavy (non-hydrogen) atoms. The van der Waals surface area contributed by atoms with Crippen LogP contribution in [0.4, 0.5) is 5.69 Å². The Morgan fingerprint density at radius 3 is 2.10 bits per heavy atom. The van der Waals surface area contributed by atoms with E-state index in [4.69, 9.17) is 0 Å². The highest BCUT2D eigenvalue weighted by Gasteiger charge is 2.25. The summed E-state index contributed by atoms with van der Waals surface area (Å²) in [4.78, 5) is 27.5. The summed E-state index contributed by atoms with van der Waals surface area (Å²) in [6.45, 7) is 0. The van der Waals surface area contributed by atoms with Gasteiger partial charge >= 0.3 is 0 Å². The number of anilines is 1. The zero-order valence-corrected chi connectivity index (χ0v) is 12.4. The van der Waals surface area contributed by atoms with Crippen LogP contribution in [0.25, 0.3) is 0 Å². The van der Waals surface area contributed by atoms with Crippen molar-refractivity contribution in [3.8, 4) is 0 Å². The number of amides is 1. The van der Waals surface area contributed by atoms with Crippen molar-refractivity contribution >= 4 is 17.4 Å². The molecule has 0 aromatic heterocycles. The quantitative estimate of drug-likeness (QED) is 0.849. The van der Waals surface area contributed by atoms with Crippen LogP contribution in [0.5, 0.6) is 0 Å². The lowest BCUT2D eigenvalue weighted by Gasteiger charge is -2.30. The molecule has 0 bridgehead atoms. The summed E-state index contributed by atoms with van der Waals surface area (Å²) in [7, 11) is 5.78. The van der Waals surface area contributed by atoms with Crippen molar-refractivity contribution < 1.29 is 9.59 Å². The van der Waals surface area contributed by atoms with Gasteiger partial charge in [0, 0.05) is 51.3 Å². The molecular formula is C16H22N2O2. The first kappa shape index (κ1) is 14.6. The summed E-state index contributed by atoms with van der Waals surface area (Å²) in [6, 6.07) is 7.81. The first-order valence-electron chi connectivity index (χ1n) is 7.05. The molecule has 1 saturated carbocycles. The molecule has 1 aliphatic carbocycles. The number of carbonyl (C=O) groups is 2. The van der Waals surface area contributed by atoms with Gasteiger partial charge < -0.3 is 9.80 Å². The lowest BCUT2D eigenvalue weighted by Crippen LogP contribution is -2.39. The van der Waals surface area contributed by atoms with E-state index in [2.05, 4.69) is 0 Å². The van der Waals surface area contributed by atoms with Crippen LogP contribution in [-0.2, 0) is 4.79 Å². The molecule has 0 heterocycles. The van der Waals surface area contributed by atoms with E-state index in [1.807, 2.05) is 50.3 Å². The summed E-state index contributed by atoms with van der Waals surface area (Å²) >= 11 is 0. The average Bonchev–Trinajstić information content (AvgIpc) is 2.46. The van der Waals surface area contributed by atoms with E-state index in [0.717, 1.165) is 18.5 Å². The topological polar surface area (TPSA) is 40.6 Å². The maximum Gasteiger partial charge on any atom is 0.253 e. The van der Waals surface area contributed by atoms with Gasteiger partial charge in [-0.05, 0) is 37.1 Å². The van der Waals surface area contributed by atoms with Gasteiger partial charge in [-0.25, -0.2) is 0 Å². The van der Waals surface area contributed by atoms with E-state index in [1.54, 1.807) is 4.90 Å². The van der Waals surface area contributed by atoms with Crippen molar-refractivity contribution in [2.75, 3.05) is 26.0 Å². The van der Waals surface area contributed by atoms with Crippen molar-refractivity contribution in [2.45, 2.75) is 31.7 Å². The number of Topliss-reactive ketones (excluding diaryl/α,β-unsaturated/α-hetero) is 1. The van der Waals surface area contributed by atoms with E-state index >= 15 is 0 Å². The zero-order chi connectivity index (χ0) is 14.7. The number of carbonyl (C=O) groups excluding carboxylic acids is 2. The molecule has 1 aromatic carbocycles. The predicted molar refractivity (Wildman–Crippen MR) is 80.1 cm³/mol. The smallest absolute Gasteiger partial charge is 0.253 e. The number of hydrogen-bond acceptors (Lipinski definition) is 3. The van der Waals surface area contributed by atoms with Gasteiger partial charge in [0.05, 0.1) is 0 Å². The minimum absolute atomic E-state index is 0.0367. The molecule has 0 radical (unpaired) electrons. The summed E-state index contributed by atoms with van der Waals surface area (Å²) in [5.74, 6) is 0.354. The standard InChI is InChI=1S/C16H22N2O2/c1-17(2)13-6-4-12(5-7-13)16(20)18(3)14-8-10-15(19)11-9-14/h4-7,14H,8-11H2,1-3H3. The average molecular weight is 274 g/mol. The number of benzene rings is 1. The van der Waals surface area contributed by atoms with E-state index in [1.165, 1.54) is 0 Å². The molecule has 1 fully saturated rings. The lowest BCUT2D eigenvalue weighted by atomic mass is 9.93. The van der Waals surface area contributed by atoms with Crippen LogP contribution < -0.4 is 4.90 Å². The van der Waals surface area contributed by atoms with Crippen LogP contribution >= 0.6 is 0 Å². The Kier molecular flexibility index (Phi) is 4.42. The summed E-state index contributed by atoms with van der Waals surface area (Å²) in [6.07, 6.45) is 2.78. The lowest BCUT2D eigenvalue weighted by molar-refractivity contribution is -0.121. The van der Waals surface area contributed by atoms with E-state index in [9.17, 15) is 9.59 Å². The Balaban J connectivity index is 2.04. The molecule has 1 aromatic rings. The molecule has 108 valence electrons. The Morgan fingerprint density at radius 2 is 1.60 bits per heavy atom. The van der Waals surface area contributed by atoms with Gasteiger partial charge in [-0.2, -0.15) is 0 Å². The van der Waals surface area contributed by atoms with Crippen molar-refractivity contribution in [1.29, 1.82) is 0 Å². The van der Waals surface area contributed by atoms with E-state index < -0.39 is 0 Å². The van der Waals surface area contributed by atoms with Gasteiger partial charge in [0.2, 0.25) is 0 Å². The maximum absolute atomic E-state index is 12.4. The molecule has 0 atom stereocenters. The van der Waals surface area contributed by atoms with Crippen molar-refractivity contribution in [3.05, 3.63) is 29.8 Å². The summed E-state index contributed by atoms with van der Waals surface area (Å²) in [5.41, 5.74) is 1.78. The Morgan fingerprint density at radius 1 is 1.05 bits per heavy atom. The molecule has 0 unspecified atom stereocenters. The van der Waals surface area contributed by atoms with E-state index in [-0.39, 0.29) is 11.9 Å². The molecule has 0 aliphatic heterocycles. The molecule has 0 saturated heterocycles. The number of nitrogens with zero attached hydrogens (tertiary/aromatic N) is 2. The molecule has 0 spiro atoms. The highest BCUT2D eigenvalue weighted by atomic mass is 16.2. The predicted octanol–water partition coefficient (Wildman–Crippen LogP) is 2.34. The van der Waals surface area contributed by atoms with Crippen LogP contribution in [0.2, 0.25) is 0 Å². The minimum Gasteiger partial charge on any atom is -0.378 e. The highest BCUT2D eigenvalue weighted by Crippen LogP contribution is 2.21. The van der Waals surface area contributed by atoms with Gasteiger partial charge in [-0.1, -0.05) is 0 Å². The molecule has 1 amide bonds. The maximum atomic E-state index is 12.4. The highest BCUT2D eigenvalue weighted by molar-refractivity contribution is 5.94. The number of rotatable bonds is 3. The molecule has 4 heteroatoms. The van der Waals surface area contributed by atoms with Gasteiger partial charge in [0.1, 0.15) is 5.78 Å². The first-order valence-corrected chi connectivity index (χ1v) is 7.05.